The highest BCUT2D eigenvalue weighted by atomic mass is 19.4. The van der Waals surface area contributed by atoms with Crippen molar-refractivity contribution in [3.05, 3.63) is 42.2 Å². The van der Waals surface area contributed by atoms with Gasteiger partial charge in [-0.1, -0.05) is 12.1 Å². The smallest absolute Gasteiger partial charge is 0.406 e. The van der Waals surface area contributed by atoms with Crippen molar-refractivity contribution < 1.29 is 22.7 Å². The van der Waals surface area contributed by atoms with Crippen LogP contribution in [0.1, 0.15) is 17.3 Å². The molecule has 0 fully saturated rings. The fourth-order valence-corrected chi connectivity index (χ4v) is 1.82. The van der Waals surface area contributed by atoms with E-state index in [0.29, 0.717) is 11.1 Å². The molecule has 1 aromatic heterocycles. The molecule has 0 amide bonds. The zero-order chi connectivity index (χ0) is 15.6. The number of hydrogen-bond acceptors (Lipinski definition) is 3. The molecule has 0 N–H and O–H groups in total. The van der Waals surface area contributed by atoms with E-state index in [9.17, 15) is 18.0 Å². The van der Waals surface area contributed by atoms with E-state index in [1.54, 1.807) is 0 Å². The number of rotatable bonds is 2. The Morgan fingerprint density at radius 1 is 1.33 bits per heavy atom. The topological polar surface area (TPSA) is 55.0 Å². The Bertz CT molecular complexity index is 727. The van der Waals surface area contributed by atoms with Crippen molar-refractivity contribution >= 4 is 5.91 Å². The van der Waals surface area contributed by atoms with E-state index in [4.69, 9.17) is 5.26 Å². The first-order valence-electron chi connectivity index (χ1n) is 5.79. The third-order valence-corrected chi connectivity index (χ3v) is 2.69. The van der Waals surface area contributed by atoms with E-state index in [0.717, 1.165) is 12.1 Å². The van der Waals surface area contributed by atoms with Crippen LogP contribution < -0.4 is 4.74 Å². The van der Waals surface area contributed by atoms with Gasteiger partial charge in [0, 0.05) is 24.9 Å². The second-order valence-corrected chi connectivity index (χ2v) is 4.20. The SMILES string of the molecule is CC(=O)n1cc(C#N)c(-c2cccc(OC(F)(F)F)c2)c1. The van der Waals surface area contributed by atoms with Gasteiger partial charge < -0.3 is 4.74 Å². The predicted molar refractivity (Wildman–Crippen MR) is 67.6 cm³/mol. The molecule has 2 rings (SSSR count). The summed E-state index contributed by atoms with van der Waals surface area (Å²) >= 11 is 0. The summed E-state index contributed by atoms with van der Waals surface area (Å²) in [6.45, 7) is 1.31. The van der Waals surface area contributed by atoms with E-state index < -0.39 is 6.36 Å². The van der Waals surface area contributed by atoms with Crippen LogP contribution in [0.25, 0.3) is 11.1 Å². The van der Waals surface area contributed by atoms with Crippen molar-refractivity contribution in [2.24, 2.45) is 0 Å². The van der Waals surface area contributed by atoms with Crippen LogP contribution in [-0.2, 0) is 0 Å². The Hall–Kier alpha value is -2.75. The van der Waals surface area contributed by atoms with Gasteiger partial charge in [0.15, 0.2) is 0 Å². The molecule has 108 valence electrons. The lowest BCUT2D eigenvalue weighted by atomic mass is 10.1. The zero-order valence-corrected chi connectivity index (χ0v) is 10.8. The number of nitriles is 1. The average Bonchev–Trinajstić information content (AvgIpc) is 2.81. The summed E-state index contributed by atoms with van der Waals surface area (Å²) in [4.78, 5) is 11.3. The molecule has 2 aromatic rings. The molecule has 0 radical (unpaired) electrons. The highest BCUT2D eigenvalue weighted by Crippen LogP contribution is 2.30. The maximum atomic E-state index is 12.2. The molecule has 0 unspecified atom stereocenters. The van der Waals surface area contributed by atoms with Crippen LogP contribution in [-0.4, -0.2) is 16.8 Å². The van der Waals surface area contributed by atoms with Gasteiger partial charge in [-0.3, -0.25) is 9.36 Å². The summed E-state index contributed by atoms with van der Waals surface area (Å²) < 4.78 is 41.7. The number of halogens is 3. The third-order valence-electron chi connectivity index (χ3n) is 2.69. The number of alkyl halides is 3. The molecule has 0 spiro atoms. The maximum absolute atomic E-state index is 12.2. The van der Waals surface area contributed by atoms with Crippen LogP contribution in [0.4, 0.5) is 13.2 Å². The Kier molecular flexibility index (Phi) is 3.72. The van der Waals surface area contributed by atoms with Gasteiger partial charge in [0.25, 0.3) is 0 Å². The van der Waals surface area contributed by atoms with Gasteiger partial charge in [0.05, 0.1) is 5.56 Å². The summed E-state index contributed by atoms with van der Waals surface area (Å²) in [6, 6.07) is 7.13. The minimum atomic E-state index is -4.79. The Balaban J connectivity index is 2.45. The van der Waals surface area contributed by atoms with Crippen LogP contribution in [0.15, 0.2) is 36.7 Å². The Morgan fingerprint density at radius 3 is 2.62 bits per heavy atom. The van der Waals surface area contributed by atoms with Crippen molar-refractivity contribution in [1.82, 2.24) is 4.57 Å². The van der Waals surface area contributed by atoms with Crippen LogP contribution in [0.5, 0.6) is 5.75 Å². The number of ether oxygens (including phenoxy) is 1. The third kappa shape index (κ3) is 3.42. The number of nitrogens with zero attached hydrogens (tertiary/aromatic N) is 2. The minimum Gasteiger partial charge on any atom is -0.406 e. The fourth-order valence-electron chi connectivity index (χ4n) is 1.82. The first-order valence-corrected chi connectivity index (χ1v) is 5.79. The molecule has 1 aromatic carbocycles. The lowest BCUT2D eigenvalue weighted by Crippen LogP contribution is -2.17. The summed E-state index contributed by atoms with van der Waals surface area (Å²) in [5.41, 5.74) is 0.906. The predicted octanol–water partition coefficient (Wildman–Crippen LogP) is 3.59. The lowest BCUT2D eigenvalue weighted by molar-refractivity contribution is -0.274. The quantitative estimate of drug-likeness (QED) is 0.850. The van der Waals surface area contributed by atoms with Gasteiger partial charge in [-0.15, -0.1) is 13.2 Å². The fraction of sp³-hybridized carbons (Fsp3) is 0.143. The normalized spacial score (nSPS) is 11.0. The monoisotopic (exact) mass is 294 g/mol. The van der Waals surface area contributed by atoms with Gasteiger partial charge in [0.1, 0.15) is 11.8 Å². The molecule has 0 bridgehead atoms. The van der Waals surface area contributed by atoms with E-state index >= 15 is 0 Å². The molecule has 4 nitrogen and oxygen atoms in total. The standard InChI is InChI=1S/C14H9F3N2O2/c1-9(20)19-7-11(6-18)13(8-19)10-3-2-4-12(5-10)21-14(15,16)17/h2-5,7-8H,1H3. The number of carbonyl (C=O) groups excluding carboxylic acids is 1. The van der Waals surface area contributed by atoms with E-state index in [1.165, 1.54) is 36.0 Å². The molecule has 0 aliphatic rings. The van der Waals surface area contributed by atoms with E-state index in [-0.39, 0.29) is 17.2 Å². The van der Waals surface area contributed by atoms with Gasteiger partial charge in [-0.05, 0) is 17.7 Å². The first-order chi connectivity index (χ1) is 9.80. The molecule has 21 heavy (non-hydrogen) atoms. The summed E-state index contributed by atoms with van der Waals surface area (Å²) in [6.07, 6.45) is -2.06. The highest BCUT2D eigenvalue weighted by molar-refractivity contribution is 5.81. The molecule has 0 aliphatic carbocycles. The molecule has 0 saturated heterocycles. The summed E-state index contributed by atoms with van der Waals surface area (Å²) in [5, 5.41) is 9.04. The minimum absolute atomic E-state index is 0.189. The Labute approximate surface area is 118 Å². The van der Waals surface area contributed by atoms with E-state index in [1.807, 2.05) is 6.07 Å². The first kappa shape index (κ1) is 14.7. The van der Waals surface area contributed by atoms with Gasteiger partial charge in [-0.2, -0.15) is 5.26 Å². The van der Waals surface area contributed by atoms with Gasteiger partial charge in [0.2, 0.25) is 5.91 Å². The van der Waals surface area contributed by atoms with Crippen molar-refractivity contribution in [1.29, 1.82) is 5.26 Å². The highest BCUT2D eigenvalue weighted by Gasteiger charge is 2.31. The zero-order valence-electron chi connectivity index (χ0n) is 10.8. The average molecular weight is 294 g/mol. The summed E-state index contributed by atoms with van der Waals surface area (Å²) in [7, 11) is 0. The Morgan fingerprint density at radius 2 is 2.05 bits per heavy atom. The molecule has 1 heterocycles. The molecule has 7 heteroatoms. The number of benzene rings is 1. The maximum Gasteiger partial charge on any atom is 0.573 e. The van der Waals surface area contributed by atoms with Crippen LogP contribution >= 0.6 is 0 Å². The van der Waals surface area contributed by atoms with Crippen molar-refractivity contribution in [2.75, 3.05) is 0 Å². The number of aromatic nitrogens is 1. The van der Waals surface area contributed by atoms with Crippen LogP contribution in [0.2, 0.25) is 0 Å². The van der Waals surface area contributed by atoms with Crippen molar-refractivity contribution in [2.45, 2.75) is 13.3 Å². The molecule has 0 atom stereocenters. The summed E-state index contributed by atoms with van der Waals surface area (Å²) in [5.74, 6) is -0.695. The molecule has 0 aliphatic heterocycles. The second-order valence-electron chi connectivity index (χ2n) is 4.20. The molecular weight excluding hydrogens is 285 g/mol. The number of hydrogen-bond donors (Lipinski definition) is 0. The van der Waals surface area contributed by atoms with Gasteiger partial charge in [-0.25, -0.2) is 0 Å². The lowest BCUT2D eigenvalue weighted by Gasteiger charge is -2.09. The van der Waals surface area contributed by atoms with Crippen molar-refractivity contribution in [3.8, 4) is 22.9 Å². The number of carbonyl (C=O) groups is 1. The molecule has 0 saturated carbocycles. The molecular formula is C14H9F3N2O2. The second kappa shape index (κ2) is 5.32. The van der Waals surface area contributed by atoms with Crippen LogP contribution in [0.3, 0.4) is 0 Å². The largest absolute Gasteiger partial charge is 0.573 e. The van der Waals surface area contributed by atoms with Crippen LogP contribution in [0, 0.1) is 11.3 Å². The van der Waals surface area contributed by atoms with Gasteiger partial charge >= 0.3 is 6.36 Å². The van der Waals surface area contributed by atoms with E-state index in [2.05, 4.69) is 4.74 Å². The van der Waals surface area contributed by atoms with Crippen molar-refractivity contribution in [3.63, 3.8) is 0 Å².